The first-order valence-corrected chi connectivity index (χ1v) is 4.68. The molecule has 15 heavy (non-hydrogen) atoms. The zero-order valence-electron chi connectivity index (χ0n) is 8.20. The number of hydrogen-bond donors (Lipinski definition) is 3. The van der Waals surface area contributed by atoms with E-state index in [1.807, 2.05) is 0 Å². The van der Waals surface area contributed by atoms with Gasteiger partial charge in [-0.1, -0.05) is 0 Å². The summed E-state index contributed by atoms with van der Waals surface area (Å²) < 4.78 is 0. The van der Waals surface area contributed by atoms with Gasteiger partial charge in [0.15, 0.2) is 11.5 Å². The maximum atomic E-state index is 10.8. The molecule has 6 heteroatoms. The molecule has 1 aliphatic carbocycles. The number of hydrogen-bond acceptors (Lipinski definition) is 3. The Kier molecular flexibility index (Phi) is 2.18. The van der Waals surface area contributed by atoms with Gasteiger partial charge < -0.3 is 15.4 Å². The number of carboxylic acid groups (broad SMARTS) is 1. The molecule has 1 saturated carbocycles. The zero-order valence-corrected chi connectivity index (χ0v) is 8.20. The molecule has 6 nitrogen and oxygen atoms in total. The number of aromatic nitrogens is 2. The summed E-state index contributed by atoms with van der Waals surface area (Å²) >= 11 is 0. The maximum Gasteiger partial charge on any atom is 0.356 e. The molecule has 0 aliphatic heterocycles. The van der Waals surface area contributed by atoms with Crippen LogP contribution in [0.15, 0.2) is 0 Å². The van der Waals surface area contributed by atoms with Crippen LogP contribution in [-0.4, -0.2) is 27.0 Å². The second kappa shape index (κ2) is 3.38. The number of carbonyl (C=O) groups excluding carboxylic acids is 1. The molecule has 1 amide bonds. The molecular formula is C9H11N3O3. The van der Waals surface area contributed by atoms with Crippen LogP contribution in [0.4, 0.5) is 5.82 Å². The van der Waals surface area contributed by atoms with Crippen LogP contribution in [0.3, 0.4) is 0 Å². The van der Waals surface area contributed by atoms with Gasteiger partial charge in [0, 0.05) is 12.8 Å². The molecule has 0 atom stereocenters. The number of anilines is 1. The second-order valence-corrected chi connectivity index (χ2v) is 3.61. The lowest BCUT2D eigenvalue weighted by atomic mass is 10.4. The SMILES string of the molecule is CC(=O)Nc1nc(C2CC2)[nH]c1C(=O)O. The summed E-state index contributed by atoms with van der Waals surface area (Å²) in [4.78, 5) is 28.5. The Morgan fingerprint density at radius 2 is 2.20 bits per heavy atom. The minimum absolute atomic E-state index is 0.0490. The van der Waals surface area contributed by atoms with E-state index >= 15 is 0 Å². The molecule has 80 valence electrons. The van der Waals surface area contributed by atoms with E-state index in [0.29, 0.717) is 11.7 Å². The molecule has 0 saturated heterocycles. The molecule has 0 aromatic carbocycles. The predicted molar refractivity (Wildman–Crippen MR) is 51.8 cm³/mol. The molecule has 2 rings (SSSR count). The highest BCUT2D eigenvalue weighted by Gasteiger charge is 2.29. The van der Waals surface area contributed by atoms with Crippen molar-refractivity contribution in [3.8, 4) is 0 Å². The summed E-state index contributed by atoms with van der Waals surface area (Å²) in [5.41, 5.74) is -0.0490. The minimum Gasteiger partial charge on any atom is -0.476 e. The van der Waals surface area contributed by atoms with Crippen molar-refractivity contribution in [2.45, 2.75) is 25.7 Å². The lowest BCUT2D eigenvalue weighted by molar-refractivity contribution is -0.114. The van der Waals surface area contributed by atoms with Gasteiger partial charge >= 0.3 is 5.97 Å². The summed E-state index contributed by atoms with van der Waals surface area (Å²) in [6.45, 7) is 1.32. The molecule has 1 fully saturated rings. The molecule has 0 unspecified atom stereocenters. The van der Waals surface area contributed by atoms with E-state index in [2.05, 4.69) is 15.3 Å². The second-order valence-electron chi connectivity index (χ2n) is 3.61. The van der Waals surface area contributed by atoms with Crippen LogP contribution in [0.5, 0.6) is 0 Å². The van der Waals surface area contributed by atoms with Crippen molar-refractivity contribution in [1.82, 2.24) is 9.97 Å². The van der Waals surface area contributed by atoms with Crippen molar-refractivity contribution < 1.29 is 14.7 Å². The summed E-state index contributed by atoms with van der Waals surface area (Å²) in [6.07, 6.45) is 2.04. The van der Waals surface area contributed by atoms with Gasteiger partial charge in [0.05, 0.1) is 0 Å². The van der Waals surface area contributed by atoms with Gasteiger partial charge in [-0.25, -0.2) is 9.78 Å². The van der Waals surface area contributed by atoms with E-state index < -0.39 is 5.97 Å². The number of aromatic carboxylic acids is 1. The van der Waals surface area contributed by atoms with Crippen molar-refractivity contribution in [3.63, 3.8) is 0 Å². The fourth-order valence-corrected chi connectivity index (χ4v) is 1.35. The van der Waals surface area contributed by atoms with Crippen LogP contribution < -0.4 is 5.32 Å². The third-order valence-corrected chi connectivity index (χ3v) is 2.19. The molecule has 0 radical (unpaired) electrons. The lowest BCUT2D eigenvalue weighted by Gasteiger charge is -1.96. The average Bonchev–Trinajstić information content (AvgIpc) is 2.88. The molecule has 1 aromatic heterocycles. The summed E-state index contributed by atoms with van der Waals surface area (Å²) in [6, 6.07) is 0. The van der Waals surface area contributed by atoms with E-state index in [1.165, 1.54) is 6.92 Å². The Balaban J connectivity index is 2.32. The Labute approximate surface area is 85.7 Å². The first kappa shape index (κ1) is 9.70. The highest BCUT2D eigenvalue weighted by atomic mass is 16.4. The van der Waals surface area contributed by atoms with Crippen molar-refractivity contribution in [3.05, 3.63) is 11.5 Å². The third kappa shape index (κ3) is 1.98. The van der Waals surface area contributed by atoms with Crippen LogP contribution >= 0.6 is 0 Å². The number of amides is 1. The van der Waals surface area contributed by atoms with Gasteiger partial charge in [-0.2, -0.15) is 0 Å². The Morgan fingerprint density at radius 3 is 2.67 bits per heavy atom. The van der Waals surface area contributed by atoms with Crippen molar-refractivity contribution >= 4 is 17.7 Å². The van der Waals surface area contributed by atoms with Crippen molar-refractivity contribution in [2.75, 3.05) is 5.32 Å². The van der Waals surface area contributed by atoms with Crippen molar-refractivity contribution in [2.24, 2.45) is 0 Å². The largest absolute Gasteiger partial charge is 0.476 e. The fourth-order valence-electron chi connectivity index (χ4n) is 1.35. The first-order valence-electron chi connectivity index (χ1n) is 4.68. The summed E-state index contributed by atoms with van der Waals surface area (Å²) in [5.74, 6) is -0.358. The standard InChI is InChI=1S/C9H11N3O3/c1-4(13)10-8-6(9(14)15)11-7(12-8)5-2-3-5/h5H,2-3H2,1H3,(H,10,13)(H,11,12)(H,14,15). The van der Waals surface area contributed by atoms with Crippen LogP contribution in [0.25, 0.3) is 0 Å². The van der Waals surface area contributed by atoms with Gasteiger partial charge in [0.25, 0.3) is 0 Å². The topological polar surface area (TPSA) is 95.1 Å². The minimum atomic E-state index is -1.11. The average molecular weight is 209 g/mol. The smallest absolute Gasteiger partial charge is 0.356 e. The Bertz CT molecular complexity index is 420. The highest BCUT2D eigenvalue weighted by molar-refractivity contribution is 5.97. The van der Waals surface area contributed by atoms with E-state index in [-0.39, 0.29) is 17.4 Å². The monoisotopic (exact) mass is 209 g/mol. The third-order valence-electron chi connectivity index (χ3n) is 2.19. The van der Waals surface area contributed by atoms with E-state index in [1.54, 1.807) is 0 Å². The molecule has 1 heterocycles. The lowest BCUT2D eigenvalue weighted by Crippen LogP contribution is -2.10. The number of rotatable bonds is 3. The number of carbonyl (C=O) groups is 2. The van der Waals surface area contributed by atoms with Gasteiger partial charge in [0.2, 0.25) is 5.91 Å². The maximum absolute atomic E-state index is 10.8. The number of H-pyrrole nitrogens is 1. The fraction of sp³-hybridized carbons (Fsp3) is 0.444. The molecule has 0 spiro atoms. The summed E-state index contributed by atoms with van der Waals surface area (Å²) in [5, 5.41) is 11.3. The number of nitrogens with one attached hydrogen (secondary N) is 2. The molecule has 0 bridgehead atoms. The van der Waals surface area contributed by atoms with E-state index in [0.717, 1.165) is 12.8 Å². The number of imidazole rings is 1. The van der Waals surface area contributed by atoms with Crippen LogP contribution in [-0.2, 0) is 4.79 Å². The zero-order chi connectivity index (χ0) is 11.0. The number of carboxylic acids is 1. The van der Waals surface area contributed by atoms with Crippen LogP contribution in [0.2, 0.25) is 0 Å². The van der Waals surface area contributed by atoms with Gasteiger partial charge in [-0.15, -0.1) is 0 Å². The van der Waals surface area contributed by atoms with Crippen molar-refractivity contribution in [1.29, 1.82) is 0 Å². The first-order chi connectivity index (χ1) is 7.08. The molecule has 1 aliphatic rings. The molecule has 1 aromatic rings. The number of aromatic amines is 1. The van der Waals surface area contributed by atoms with Gasteiger partial charge in [-0.05, 0) is 12.8 Å². The predicted octanol–water partition coefficient (Wildman–Crippen LogP) is 0.944. The quantitative estimate of drug-likeness (QED) is 0.690. The van der Waals surface area contributed by atoms with Crippen LogP contribution in [0.1, 0.15) is 42.0 Å². The van der Waals surface area contributed by atoms with Gasteiger partial charge in [0.1, 0.15) is 5.82 Å². The normalized spacial score (nSPS) is 15.0. The molecule has 3 N–H and O–H groups in total. The number of nitrogens with zero attached hydrogens (tertiary/aromatic N) is 1. The van der Waals surface area contributed by atoms with Crippen LogP contribution in [0, 0.1) is 0 Å². The van der Waals surface area contributed by atoms with E-state index in [9.17, 15) is 9.59 Å². The summed E-state index contributed by atoms with van der Waals surface area (Å²) in [7, 11) is 0. The highest BCUT2D eigenvalue weighted by Crippen LogP contribution is 2.39. The van der Waals surface area contributed by atoms with E-state index in [4.69, 9.17) is 5.11 Å². The van der Waals surface area contributed by atoms with Gasteiger partial charge in [-0.3, -0.25) is 4.79 Å². The molecular weight excluding hydrogens is 198 g/mol. The Hall–Kier alpha value is -1.85. The Morgan fingerprint density at radius 1 is 1.53 bits per heavy atom.